The molecule has 0 N–H and O–H groups in total. The minimum Gasteiger partial charge on any atom is -0.497 e. The second-order valence-corrected chi connectivity index (χ2v) is 4.54. The summed E-state index contributed by atoms with van der Waals surface area (Å²) in [6.07, 6.45) is 1.80. The summed E-state index contributed by atoms with van der Waals surface area (Å²) < 4.78 is 6.93. The summed E-state index contributed by atoms with van der Waals surface area (Å²) in [5, 5.41) is 4.52. The van der Waals surface area contributed by atoms with Gasteiger partial charge < -0.3 is 4.74 Å². The van der Waals surface area contributed by atoms with Crippen molar-refractivity contribution in [1.82, 2.24) is 9.61 Å². The molecule has 0 aliphatic heterocycles. The SMILES string of the molecule is COc1ccn2nc(-c3ccccc3)c(C(C)=O)c2c1. The van der Waals surface area contributed by atoms with Gasteiger partial charge in [0.05, 0.1) is 18.2 Å². The third-order valence-electron chi connectivity index (χ3n) is 3.24. The zero-order chi connectivity index (χ0) is 14.1. The fraction of sp³-hybridized carbons (Fsp3) is 0.125. The first-order chi connectivity index (χ1) is 9.70. The molecular weight excluding hydrogens is 252 g/mol. The fourth-order valence-corrected chi connectivity index (χ4v) is 2.30. The first kappa shape index (κ1) is 12.4. The molecule has 0 aliphatic rings. The second-order valence-electron chi connectivity index (χ2n) is 4.54. The fourth-order valence-electron chi connectivity index (χ4n) is 2.30. The molecule has 0 atom stereocenters. The Morgan fingerprint density at radius 3 is 2.60 bits per heavy atom. The molecule has 0 saturated heterocycles. The van der Waals surface area contributed by atoms with Crippen LogP contribution < -0.4 is 4.74 Å². The van der Waals surface area contributed by atoms with Crippen molar-refractivity contribution in [2.45, 2.75) is 6.92 Å². The number of pyridine rings is 1. The molecule has 0 aliphatic carbocycles. The minimum absolute atomic E-state index is 0.00731. The van der Waals surface area contributed by atoms with Gasteiger partial charge >= 0.3 is 0 Å². The van der Waals surface area contributed by atoms with Gasteiger partial charge in [-0.1, -0.05) is 30.3 Å². The maximum atomic E-state index is 12.0. The van der Waals surface area contributed by atoms with Gasteiger partial charge in [-0.3, -0.25) is 4.79 Å². The van der Waals surface area contributed by atoms with E-state index >= 15 is 0 Å². The zero-order valence-corrected chi connectivity index (χ0v) is 11.3. The summed E-state index contributed by atoms with van der Waals surface area (Å²) in [4.78, 5) is 12.0. The van der Waals surface area contributed by atoms with Crippen molar-refractivity contribution in [3.8, 4) is 17.0 Å². The quantitative estimate of drug-likeness (QED) is 0.684. The number of rotatable bonds is 3. The van der Waals surface area contributed by atoms with E-state index in [1.54, 1.807) is 24.7 Å². The molecule has 2 aromatic heterocycles. The van der Waals surface area contributed by atoms with E-state index in [0.29, 0.717) is 17.0 Å². The lowest BCUT2D eigenvalue weighted by molar-refractivity contribution is 0.102. The lowest BCUT2D eigenvalue weighted by Gasteiger charge is -2.01. The summed E-state index contributed by atoms with van der Waals surface area (Å²) in [6.45, 7) is 1.56. The number of ketones is 1. The number of aromatic nitrogens is 2. The highest BCUT2D eigenvalue weighted by molar-refractivity contribution is 6.06. The van der Waals surface area contributed by atoms with Gasteiger partial charge in [-0.15, -0.1) is 0 Å². The highest BCUT2D eigenvalue weighted by Gasteiger charge is 2.18. The van der Waals surface area contributed by atoms with Crippen LogP contribution in [0.4, 0.5) is 0 Å². The van der Waals surface area contributed by atoms with Crippen LogP contribution in [0.15, 0.2) is 48.7 Å². The molecule has 0 unspecified atom stereocenters. The molecule has 0 bridgehead atoms. The van der Waals surface area contributed by atoms with Crippen molar-refractivity contribution in [1.29, 1.82) is 0 Å². The van der Waals surface area contributed by atoms with Crippen LogP contribution in [0.5, 0.6) is 5.75 Å². The van der Waals surface area contributed by atoms with E-state index in [0.717, 1.165) is 11.1 Å². The van der Waals surface area contributed by atoms with Crippen LogP contribution in [-0.2, 0) is 0 Å². The molecule has 20 heavy (non-hydrogen) atoms. The van der Waals surface area contributed by atoms with Gasteiger partial charge in [0.15, 0.2) is 5.78 Å². The van der Waals surface area contributed by atoms with Crippen molar-refractivity contribution in [2.75, 3.05) is 7.11 Å². The van der Waals surface area contributed by atoms with Gasteiger partial charge in [0, 0.05) is 17.8 Å². The van der Waals surface area contributed by atoms with Gasteiger partial charge in [0.1, 0.15) is 11.4 Å². The maximum Gasteiger partial charge on any atom is 0.164 e. The zero-order valence-electron chi connectivity index (χ0n) is 11.3. The lowest BCUT2D eigenvalue weighted by atomic mass is 10.0. The normalized spacial score (nSPS) is 10.7. The third kappa shape index (κ3) is 1.95. The molecule has 0 spiro atoms. The van der Waals surface area contributed by atoms with E-state index in [1.807, 2.05) is 42.5 Å². The number of methoxy groups -OCH3 is 1. The highest BCUT2D eigenvalue weighted by atomic mass is 16.5. The van der Waals surface area contributed by atoms with Gasteiger partial charge in [0.2, 0.25) is 0 Å². The predicted octanol–water partition coefficient (Wildman–Crippen LogP) is 3.21. The molecule has 0 radical (unpaired) electrons. The molecule has 3 rings (SSSR count). The Bertz CT molecular complexity index is 776. The summed E-state index contributed by atoms with van der Waals surface area (Å²) in [5.41, 5.74) is 3.01. The number of hydrogen-bond donors (Lipinski definition) is 0. The number of Topliss-reactive ketones (excluding diaryl/α,β-unsaturated/α-hetero) is 1. The standard InChI is InChI=1S/C16H14N2O2/c1-11(19)15-14-10-13(20-2)8-9-18(14)17-16(15)12-6-4-3-5-7-12/h3-10H,1-2H3. The first-order valence-electron chi connectivity index (χ1n) is 6.33. The number of carbonyl (C=O) groups is 1. The Kier molecular flexibility index (Phi) is 2.99. The number of hydrogen-bond acceptors (Lipinski definition) is 3. The topological polar surface area (TPSA) is 43.6 Å². The molecule has 4 heteroatoms. The largest absolute Gasteiger partial charge is 0.497 e. The molecule has 100 valence electrons. The van der Waals surface area contributed by atoms with Crippen LogP contribution in [0.1, 0.15) is 17.3 Å². The number of carbonyl (C=O) groups excluding carboxylic acids is 1. The minimum atomic E-state index is -0.00731. The van der Waals surface area contributed by atoms with Crippen LogP contribution in [0.25, 0.3) is 16.8 Å². The van der Waals surface area contributed by atoms with Crippen LogP contribution >= 0.6 is 0 Å². The summed E-state index contributed by atoms with van der Waals surface area (Å²) in [6, 6.07) is 13.4. The molecule has 3 aromatic rings. The van der Waals surface area contributed by atoms with Crippen LogP contribution in [0.3, 0.4) is 0 Å². The van der Waals surface area contributed by atoms with Crippen molar-refractivity contribution in [3.05, 3.63) is 54.2 Å². The number of benzene rings is 1. The Morgan fingerprint density at radius 1 is 1.20 bits per heavy atom. The van der Waals surface area contributed by atoms with Gasteiger partial charge in [0.25, 0.3) is 0 Å². The Balaban J connectivity index is 2.32. The van der Waals surface area contributed by atoms with Gasteiger partial charge in [-0.05, 0) is 13.0 Å². The van der Waals surface area contributed by atoms with E-state index in [2.05, 4.69) is 5.10 Å². The Morgan fingerprint density at radius 2 is 1.95 bits per heavy atom. The summed E-state index contributed by atoms with van der Waals surface area (Å²) >= 11 is 0. The van der Waals surface area contributed by atoms with E-state index in [9.17, 15) is 4.79 Å². The number of ether oxygens (including phenoxy) is 1. The molecular formula is C16H14N2O2. The molecule has 4 nitrogen and oxygen atoms in total. The van der Waals surface area contributed by atoms with Crippen LogP contribution in [-0.4, -0.2) is 22.5 Å². The summed E-state index contributed by atoms with van der Waals surface area (Å²) in [5.74, 6) is 0.701. The molecule has 0 saturated carbocycles. The van der Waals surface area contributed by atoms with E-state index < -0.39 is 0 Å². The Hall–Kier alpha value is -2.62. The lowest BCUT2D eigenvalue weighted by Crippen LogP contribution is -1.94. The predicted molar refractivity (Wildman–Crippen MR) is 77.2 cm³/mol. The Labute approximate surface area is 116 Å². The summed E-state index contributed by atoms with van der Waals surface area (Å²) in [7, 11) is 1.60. The molecule has 0 fully saturated rings. The van der Waals surface area contributed by atoms with Gasteiger partial charge in [-0.25, -0.2) is 4.52 Å². The smallest absolute Gasteiger partial charge is 0.164 e. The molecule has 0 amide bonds. The van der Waals surface area contributed by atoms with Crippen molar-refractivity contribution < 1.29 is 9.53 Å². The van der Waals surface area contributed by atoms with Crippen LogP contribution in [0, 0.1) is 0 Å². The van der Waals surface area contributed by atoms with E-state index in [1.165, 1.54) is 0 Å². The average molecular weight is 266 g/mol. The number of nitrogens with zero attached hydrogens (tertiary/aromatic N) is 2. The molecule has 2 heterocycles. The van der Waals surface area contributed by atoms with E-state index in [4.69, 9.17) is 4.74 Å². The first-order valence-corrected chi connectivity index (χ1v) is 6.33. The van der Waals surface area contributed by atoms with Crippen LogP contribution in [0.2, 0.25) is 0 Å². The maximum absolute atomic E-state index is 12.0. The number of fused-ring (bicyclic) bond motifs is 1. The van der Waals surface area contributed by atoms with Crippen molar-refractivity contribution in [2.24, 2.45) is 0 Å². The van der Waals surface area contributed by atoms with E-state index in [-0.39, 0.29) is 5.78 Å². The third-order valence-corrected chi connectivity index (χ3v) is 3.24. The highest BCUT2D eigenvalue weighted by Crippen LogP contribution is 2.28. The van der Waals surface area contributed by atoms with Gasteiger partial charge in [-0.2, -0.15) is 5.10 Å². The van der Waals surface area contributed by atoms with Crippen molar-refractivity contribution in [3.63, 3.8) is 0 Å². The van der Waals surface area contributed by atoms with Crippen molar-refractivity contribution >= 4 is 11.3 Å². The molecule has 1 aromatic carbocycles. The monoisotopic (exact) mass is 266 g/mol. The second kappa shape index (κ2) is 4.81. The average Bonchev–Trinajstić information content (AvgIpc) is 2.86.